The number of rotatable bonds is 10. The number of hydrogen-bond donors (Lipinski definition) is 2. The highest BCUT2D eigenvalue weighted by atomic mass is 19.4. The molecule has 0 unspecified atom stereocenters. The molecule has 1 heterocycles. The molecule has 7 nitrogen and oxygen atoms in total. The molecule has 0 saturated heterocycles. The lowest BCUT2D eigenvalue weighted by Gasteiger charge is -2.17. The average molecular weight is 541 g/mol. The standard InChI is InChI=1S/C29H27F3N2O5/c1-17(18-5-4-6-22(12-18)37-2)33-9-10-39-23-13-20(11-21(15-23)29(30,31)32)19-7-8-25-24(14-19)27(38-3)16-26(34-25)28(35)36/h4-8,11-17,33H,9-10H2,1-3H3,(H,35,36)/t17-/m1/s1. The molecule has 0 aliphatic rings. The number of benzene rings is 3. The molecule has 0 radical (unpaired) electrons. The van der Waals surface area contributed by atoms with Gasteiger partial charge in [0.15, 0.2) is 5.69 Å². The van der Waals surface area contributed by atoms with Crippen LogP contribution in [-0.4, -0.2) is 43.4 Å². The first-order valence-corrected chi connectivity index (χ1v) is 12.0. The summed E-state index contributed by atoms with van der Waals surface area (Å²) >= 11 is 0. The highest BCUT2D eigenvalue weighted by molar-refractivity contribution is 5.95. The fraction of sp³-hybridized carbons (Fsp3) is 0.241. The minimum absolute atomic E-state index is 0.0244. The van der Waals surface area contributed by atoms with Crippen molar-refractivity contribution in [2.45, 2.75) is 19.1 Å². The van der Waals surface area contributed by atoms with Crippen LogP contribution in [0.1, 0.15) is 34.6 Å². The first-order chi connectivity index (χ1) is 18.6. The summed E-state index contributed by atoms with van der Waals surface area (Å²) in [4.78, 5) is 15.5. The molecule has 1 aromatic heterocycles. The van der Waals surface area contributed by atoms with Gasteiger partial charge in [-0.15, -0.1) is 0 Å². The maximum atomic E-state index is 13.7. The normalized spacial score (nSPS) is 12.3. The molecule has 4 rings (SSSR count). The van der Waals surface area contributed by atoms with E-state index < -0.39 is 17.7 Å². The van der Waals surface area contributed by atoms with Crippen LogP contribution in [0.4, 0.5) is 13.2 Å². The number of carboxylic acid groups (broad SMARTS) is 1. The lowest BCUT2D eigenvalue weighted by Crippen LogP contribution is -2.24. The van der Waals surface area contributed by atoms with Gasteiger partial charge in [0.25, 0.3) is 0 Å². The van der Waals surface area contributed by atoms with Crippen LogP contribution in [0.25, 0.3) is 22.0 Å². The van der Waals surface area contributed by atoms with E-state index in [9.17, 15) is 23.1 Å². The van der Waals surface area contributed by atoms with Crippen molar-refractivity contribution in [1.82, 2.24) is 10.3 Å². The second-order valence-electron chi connectivity index (χ2n) is 8.79. The molecular formula is C29H27F3N2O5. The second-order valence-corrected chi connectivity index (χ2v) is 8.79. The van der Waals surface area contributed by atoms with Gasteiger partial charge in [0.2, 0.25) is 0 Å². The summed E-state index contributed by atoms with van der Waals surface area (Å²) in [6.45, 7) is 2.51. The Morgan fingerprint density at radius 2 is 1.77 bits per heavy atom. The summed E-state index contributed by atoms with van der Waals surface area (Å²) in [6.07, 6.45) is -4.58. The summed E-state index contributed by atoms with van der Waals surface area (Å²) in [5.74, 6) is -0.161. The highest BCUT2D eigenvalue weighted by Crippen LogP contribution is 2.37. The molecule has 10 heteroatoms. The molecule has 0 bridgehead atoms. The molecule has 0 saturated carbocycles. The monoisotopic (exact) mass is 540 g/mol. The Labute approximate surface area is 223 Å². The zero-order chi connectivity index (χ0) is 28.2. The summed E-state index contributed by atoms with van der Waals surface area (Å²) in [7, 11) is 2.97. The molecule has 204 valence electrons. The van der Waals surface area contributed by atoms with Crippen LogP contribution in [0.2, 0.25) is 0 Å². The summed E-state index contributed by atoms with van der Waals surface area (Å²) < 4.78 is 57.5. The van der Waals surface area contributed by atoms with Gasteiger partial charge in [-0.1, -0.05) is 18.2 Å². The zero-order valence-electron chi connectivity index (χ0n) is 21.5. The van der Waals surface area contributed by atoms with E-state index in [0.717, 1.165) is 23.4 Å². The Kier molecular flexibility index (Phi) is 8.25. The number of aromatic nitrogens is 1. The number of aromatic carboxylic acids is 1. The molecule has 2 N–H and O–H groups in total. The topological polar surface area (TPSA) is 89.9 Å². The molecule has 0 fully saturated rings. The van der Waals surface area contributed by atoms with Crippen LogP contribution >= 0.6 is 0 Å². The predicted octanol–water partition coefficient (Wildman–Crippen LogP) is 6.37. The van der Waals surface area contributed by atoms with E-state index in [2.05, 4.69) is 10.3 Å². The largest absolute Gasteiger partial charge is 0.497 e. The molecular weight excluding hydrogens is 513 g/mol. The number of pyridine rings is 1. The molecule has 0 aliphatic heterocycles. The first kappa shape index (κ1) is 27.7. The predicted molar refractivity (Wildman–Crippen MR) is 141 cm³/mol. The van der Waals surface area contributed by atoms with Crippen molar-refractivity contribution in [3.63, 3.8) is 0 Å². The van der Waals surface area contributed by atoms with Crippen molar-refractivity contribution in [1.29, 1.82) is 0 Å². The van der Waals surface area contributed by atoms with Crippen LogP contribution in [0.5, 0.6) is 17.2 Å². The second kappa shape index (κ2) is 11.6. The Hall–Kier alpha value is -4.31. The smallest absolute Gasteiger partial charge is 0.416 e. The summed E-state index contributed by atoms with van der Waals surface area (Å²) in [5, 5.41) is 13.0. The van der Waals surface area contributed by atoms with Gasteiger partial charge in [0, 0.05) is 24.0 Å². The fourth-order valence-corrected chi connectivity index (χ4v) is 4.14. The number of alkyl halides is 3. The van der Waals surface area contributed by atoms with E-state index >= 15 is 0 Å². The number of nitrogens with one attached hydrogen (secondary N) is 1. The Morgan fingerprint density at radius 3 is 2.46 bits per heavy atom. The third-order valence-electron chi connectivity index (χ3n) is 6.19. The van der Waals surface area contributed by atoms with Crippen LogP contribution < -0.4 is 19.5 Å². The van der Waals surface area contributed by atoms with Crippen molar-refractivity contribution in [2.75, 3.05) is 27.4 Å². The van der Waals surface area contributed by atoms with E-state index in [1.165, 1.54) is 19.2 Å². The highest BCUT2D eigenvalue weighted by Gasteiger charge is 2.31. The van der Waals surface area contributed by atoms with Gasteiger partial charge in [-0.3, -0.25) is 0 Å². The first-order valence-electron chi connectivity index (χ1n) is 12.0. The number of halogens is 3. The maximum absolute atomic E-state index is 13.7. The van der Waals surface area contributed by atoms with E-state index in [4.69, 9.17) is 14.2 Å². The fourth-order valence-electron chi connectivity index (χ4n) is 4.14. The van der Waals surface area contributed by atoms with Gasteiger partial charge >= 0.3 is 12.1 Å². The Morgan fingerprint density at radius 1 is 0.974 bits per heavy atom. The zero-order valence-corrected chi connectivity index (χ0v) is 21.5. The van der Waals surface area contributed by atoms with Crippen molar-refractivity contribution >= 4 is 16.9 Å². The molecule has 0 amide bonds. The van der Waals surface area contributed by atoms with Crippen LogP contribution in [0.15, 0.2) is 66.7 Å². The van der Waals surface area contributed by atoms with Gasteiger partial charge in [-0.2, -0.15) is 13.2 Å². The molecule has 0 aliphatic carbocycles. The van der Waals surface area contributed by atoms with E-state index in [1.54, 1.807) is 25.3 Å². The third-order valence-corrected chi connectivity index (χ3v) is 6.19. The van der Waals surface area contributed by atoms with Crippen molar-refractivity contribution in [2.24, 2.45) is 0 Å². The molecule has 1 atom stereocenters. The van der Waals surface area contributed by atoms with Gasteiger partial charge in [-0.05, 0) is 66.1 Å². The van der Waals surface area contributed by atoms with E-state index in [0.29, 0.717) is 23.0 Å². The van der Waals surface area contributed by atoms with E-state index in [1.807, 2.05) is 31.2 Å². The minimum Gasteiger partial charge on any atom is -0.497 e. The Bertz CT molecular complexity index is 1490. The van der Waals surface area contributed by atoms with Crippen molar-refractivity contribution < 1.29 is 37.3 Å². The van der Waals surface area contributed by atoms with Crippen LogP contribution in [0.3, 0.4) is 0 Å². The van der Waals surface area contributed by atoms with Crippen molar-refractivity contribution in [3.8, 4) is 28.4 Å². The Balaban J connectivity index is 1.56. The van der Waals surface area contributed by atoms with Gasteiger partial charge < -0.3 is 24.6 Å². The van der Waals surface area contributed by atoms with Crippen LogP contribution in [-0.2, 0) is 6.18 Å². The lowest BCUT2D eigenvalue weighted by molar-refractivity contribution is -0.137. The van der Waals surface area contributed by atoms with Gasteiger partial charge in [-0.25, -0.2) is 9.78 Å². The number of carboxylic acids is 1. The molecule has 3 aromatic carbocycles. The average Bonchev–Trinajstić information content (AvgIpc) is 2.93. The molecule has 0 spiro atoms. The van der Waals surface area contributed by atoms with Gasteiger partial charge in [0.1, 0.15) is 23.9 Å². The third kappa shape index (κ3) is 6.58. The number of carbonyl (C=O) groups is 1. The number of nitrogens with zero attached hydrogens (tertiary/aromatic N) is 1. The molecule has 39 heavy (non-hydrogen) atoms. The van der Waals surface area contributed by atoms with E-state index in [-0.39, 0.29) is 35.4 Å². The quantitative estimate of drug-likeness (QED) is 0.226. The van der Waals surface area contributed by atoms with Crippen molar-refractivity contribution in [3.05, 3.63) is 83.6 Å². The van der Waals surface area contributed by atoms with Gasteiger partial charge in [0.05, 0.1) is 25.3 Å². The molecule has 4 aromatic rings. The number of methoxy groups -OCH3 is 2. The number of fused-ring (bicyclic) bond motifs is 1. The maximum Gasteiger partial charge on any atom is 0.416 e. The number of hydrogen-bond acceptors (Lipinski definition) is 6. The lowest BCUT2D eigenvalue weighted by atomic mass is 10.00. The summed E-state index contributed by atoms with van der Waals surface area (Å²) in [6, 6.07) is 17.1. The SMILES string of the molecule is COc1cccc([C@@H](C)NCCOc2cc(-c3ccc4nc(C(=O)O)cc(OC)c4c3)cc(C(F)(F)F)c2)c1. The minimum atomic E-state index is -4.58. The van der Waals surface area contributed by atoms with Crippen LogP contribution in [0, 0.1) is 0 Å². The number of ether oxygens (including phenoxy) is 3. The summed E-state index contributed by atoms with van der Waals surface area (Å²) in [5.41, 5.74) is 1.05.